The predicted octanol–water partition coefficient (Wildman–Crippen LogP) is 4.13. The number of ether oxygens (including phenoxy) is 2. The maximum Gasteiger partial charge on any atom is 0.258 e. The Morgan fingerprint density at radius 3 is 2.43 bits per heavy atom. The summed E-state index contributed by atoms with van der Waals surface area (Å²) in [5.74, 6) is -3.37. The zero-order valence-electron chi connectivity index (χ0n) is 24.5. The van der Waals surface area contributed by atoms with E-state index in [9.17, 15) is 14.4 Å². The van der Waals surface area contributed by atoms with Gasteiger partial charge in [-0.1, -0.05) is 12.1 Å². The van der Waals surface area contributed by atoms with Gasteiger partial charge in [0.25, 0.3) is 11.5 Å². The summed E-state index contributed by atoms with van der Waals surface area (Å²) in [7, 11) is 1.73. The van der Waals surface area contributed by atoms with Crippen molar-refractivity contribution >= 4 is 17.4 Å². The van der Waals surface area contributed by atoms with Crippen molar-refractivity contribution in [3.63, 3.8) is 0 Å². The van der Waals surface area contributed by atoms with E-state index in [-0.39, 0.29) is 30.4 Å². The average molecular weight is 580 g/mol. The van der Waals surface area contributed by atoms with Crippen molar-refractivity contribution in [1.82, 2.24) is 9.88 Å². The van der Waals surface area contributed by atoms with Crippen LogP contribution in [0.4, 0.5) is 14.5 Å². The molecule has 42 heavy (non-hydrogen) atoms. The quantitative estimate of drug-likeness (QED) is 0.453. The summed E-state index contributed by atoms with van der Waals surface area (Å²) in [4.78, 5) is 40.7. The molecule has 2 aliphatic rings. The topological polar surface area (TPSA) is 89.9 Å². The molecule has 1 N–H and O–H groups in total. The third-order valence-electron chi connectivity index (χ3n) is 8.33. The molecule has 0 saturated carbocycles. The minimum absolute atomic E-state index is 0.0747. The van der Waals surface area contributed by atoms with Crippen LogP contribution < -0.4 is 15.8 Å². The molecule has 1 saturated heterocycles. The lowest BCUT2D eigenvalue weighted by atomic mass is 9.89. The number of aryl methyl sites for hydroxylation is 2. The molecular weight excluding hydrogens is 544 g/mol. The molecule has 0 bridgehead atoms. The minimum Gasteiger partial charge on any atom is -0.377 e. The largest absolute Gasteiger partial charge is 0.377 e. The molecule has 1 aromatic heterocycles. The first-order valence-electron chi connectivity index (χ1n) is 14.0. The van der Waals surface area contributed by atoms with Crippen LogP contribution in [0.1, 0.15) is 52.2 Å². The predicted molar refractivity (Wildman–Crippen MR) is 155 cm³/mol. The second-order valence-corrected chi connectivity index (χ2v) is 11.2. The standard InChI is InChI=1S/C32H35F2N3O5/c1-17-10-18(2)36(5)32(40)29(17)23-7-6-21(24-15-42-16-25(23)24)11-28(20(4)38)35-31(39)30-26(33)12-22(13-27(30)34)37-8-9-41-14-19(37)3/h6-7,10,12-13,19,28H,8-9,11,14-16H2,1-5H3,(H,35,39)/t19-,28-/m0/s1. The van der Waals surface area contributed by atoms with Crippen LogP contribution in [0.5, 0.6) is 0 Å². The molecular formula is C32H35F2N3O5. The summed E-state index contributed by atoms with van der Waals surface area (Å²) in [6.07, 6.45) is 0.102. The van der Waals surface area contributed by atoms with Crippen molar-refractivity contribution in [2.24, 2.45) is 7.05 Å². The van der Waals surface area contributed by atoms with E-state index in [0.717, 1.165) is 45.6 Å². The molecule has 2 aliphatic heterocycles. The van der Waals surface area contributed by atoms with Gasteiger partial charge in [0.15, 0.2) is 5.78 Å². The van der Waals surface area contributed by atoms with Crippen LogP contribution in [0.25, 0.3) is 11.1 Å². The highest BCUT2D eigenvalue weighted by molar-refractivity contribution is 5.98. The lowest BCUT2D eigenvalue weighted by molar-refractivity contribution is -0.118. The molecule has 1 amide bonds. The maximum absolute atomic E-state index is 15.1. The number of Topliss-reactive ketones (excluding diaryl/α,β-unsaturated/α-hetero) is 1. The first-order chi connectivity index (χ1) is 20.0. The van der Waals surface area contributed by atoms with Gasteiger partial charge < -0.3 is 24.3 Å². The van der Waals surface area contributed by atoms with Gasteiger partial charge in [-0.25, -0.2) is 8.78 Å². The van der Waals surface area contributed by atoms with Gasteiger partial charge in [0, 0.05) is 37.4 Å². The molecule has 10 heteroatoms. The van der Waals surface area contributed by atoms with E-state index in [1.54, 1.807) is 11.6 Å². The second-order valence-electron chi connectivity index (χ2n) is 11.2. The van der Waals surface area contributed by atoms with Crippen molar-refractivity contribution < 1.29 is 27.8 Å². The molecule has 3 heterocycles. The maximum atomic E-state index is 15.1. The normalized spacial score (nSPS) is 17.2. The molecule has 2 aromatic carbocycles. The van der Waals surface area contributed by atoms with Crippen molar-refractivity contribution in [2.45, 2.75) is 59.4 Å². The van der Waals surface area contributed by atoms with E-state index in [0.29, 0.717) is 37.6 Å². The Balaban J connectivity index is 1.42. The molecule has 8 nitrogen and oxygen atoms in total. The highest BCUT2D eigenvalue weighted by Gasteiger charge is 2.29. The number of halogens is 2. The van der Waals surface area contributed by atoms with E-state index in [1.165, 1.54) is 6.92 Å². The van der Waals surface area contributed by atoms with Crippen molar-refractivity contribution in [3.05, 3.63) is 85.8 Å². The third-order valence-corrected chi connectivity index (χ3v) is 8.33. The van der Waals surface area contributed by atoms with E-state index in [4.69, 9.17) is 9.47 Å². The number of nitrogens with zero attached hydrogens (tertiary/aromatic N) is 2. The molecule has 222 valence electrons. The first kappa shape index (κ1) is 29.6. The molecule has 0 aliphatic carbocycles. The number of hydrogen-bond donors (Lipinski definition) is 1. The summed E-state index contributed by atoms with van der Waals surface area (Å²) >= 11 is 0. The number of carbonyl (C=O) groups is 2. The SMILES string of the molecule is CC(=O)[C@H](Cc1ccc(-c2c(C)cc(C)n(C)c2=O)c2c1COC2)NC(=O)c1c(F)cc(N2CCOC[C@@H]2C)cc1F. The Bertz CT molecular complexity index is 1610. The number of ketones is 1. The fourth-order valence-electron chi connectivity index (χ4n) is 5.87. The summed E-state index contributed by atoms with van der Waals surface area (Å²) in [6, 6.07) is 6.80. The van der Waals surface area contributed by atoms with Crippen LogP contribution in [0, 0.1) is 25.5 Å². The molecule has 2 atom stereocenters. The Morgan fingerprint density at radius 1 is 1.07 bits per heavy atom. The van der Waals surface area contributed by atoms with Gasteiger partial charge in [0.1, 0.15) is 17.2 Å². The number of anilines is 1. The Kier molecular flexibility index (Phi) is 8.30. The summed E-state index contributed by atoms with van der Waals surface area (Å²) in [5, 5.41) is 2.54. The Hall–Kier alpha value is -3.89. The molecule has 1 fully saturated rings. The van der Waals surface area contributed by atoms with E-state index in [2.05, 4.69) is 5.32 Å². The summed E-state index contributed by atoms with van der Waals surface area (Å²) in [5.41, 5.74) is 5.00. The average Bonchev–Trinajstić information content (AvgIpc) is 3.43. The van der Waals surface area contributed by atoms with E-state index >= 15 is 8.78 Å². The zero-order valence-corrected chi connectivity index (χ0v) is 24.5. The van der Waals surface area contributed by atoms with Crippen LogP contribution in [-0.2, 0) is 41.0 Å². The van der Waals surface area contributed by atoms with E-state index in [1.807, 2.05) is 43.9 Å². The van der Waals surface area contributed by atoms with Crippen LogP contribution >= 0.6 is 0 Å². The van der Waals surface area contributed by atoms with Crippen LogP contribution in [0.3, 0.4) is 0 Å². The van der Waals surface area contributed by atoms with Gasteiger partial charge >= 0.3 is 0 Å². The van der Waals surface area contributed by atoms with Gasteiger partial charge in [-0.2, -0.15) is 0 Å². The monoisotopic (exact) mass is 579 g/mol. The lowest BCUT2D eigenvalue weighted by Gasteiger charge is -2.35. The lowest BCUT2D eigenvalue weighted by Crippen LogP contribution is -2.44. The second kappa shape index (κ2) is 11.8. The molecule has 0 spiro atoms. The van der Waals surface area contributed by atoms with Crippen molar-refractivity contribution in [2.75, 3.05) is 24.7 Å². The molecule has 5 rings (SSSR count). The Labute approximate surface area is 243 Å². The third kappa shape index (κ3) is 5.48. The number of hydrogen-bond acceptors (Lipinski definition) is 6. The van der Waals surface area contributed by atoms with Crippen molar-refractivity contribution in [3.8, 4) is 11.1 Å². The number of morpholine rings is 1. The summed E-state index contributed by atoms with van der Waals surface area (Å²) < 4.78 is 43.0. The van der Waals surface area contributed by atoms with Gasteiger partial charge in [0.05, 0.1) is 38.0 Å². The first-order valence-corrected chi connectivity index (χ1v) is 14.0. The van der Waals surface area contributed by atoms with Crippen LogP contribution in [-0.4, -0.2) is 48.1 Å². The van der Waals surface area contributed by atoms with Gasteiger partial charge in [-0.15, -0.1) is 0 Å². The molecule has 0 radical (unpaired) electrons. The fourth-order valence-corrected chi connectivity index (χ4v) is 5.87. The fraction of sp³-hybridized carbons (Fsp3) is 0.406. The number of benzene rings is 2. The zero-order chi connectivity index (χ0) is 30.3. The highest BCUT2D eigenvalue weighted by atomic mass is 19.1. The number of pyridine rings is 1. The number of nitrogens with one attached hydrogen (secondary N) is 1. The van der Waals surface area contributed by atoms with Crippen LogP contribution in [0.2, 0.25) is 0 Å². The smallest absolute Gasteiger partial charge is 0.258 e. The van der Waals surface area contributed by atoms with Crippen LogP contribution in [0.15, 0.2) is 35.1 Å². The van der Waals surface area contributed by atoms with E-state index < -0.39 is 29.1 Å². The minimum atomic E-state index is -1.03. The number of amides is 1. The Morgan fingerprint density at radius 2 is 1.76 bits per heavy atom. The number of fused-ring (bicyclic) bond motifs is 1. The number of aromatic nitrogens is 1. The highest BCUT2D eigenvalue weighted by Crippen LogP contribution is 2.34. The van der Waals surface area contributed by atoms with Crippen molar-refractivity contribution in [1.29, 1.82) is 0 Å². The van der Waals surface area contributed by atoms with Gasteiger partial charge in [-0.3, -0.25) is 14.4 Å². The summed E-state index contributed by atoms with van der Waals surface area (Å²) in [6.45, 7) is 8.92. The van der Waals surface area contributed by atoms with Gasteiger partial charge in [-0.05, 0) is 73.7 Å². The molecule has 3 aromatic rings. The molecule has 0 unspecified atom stereocenters. The van der Waals surface area contributed by atoms with Gasteiger partial charge in [0.2, 0.25) is 0 Å². The number of carbonyl (C=O) groups excluding carboxylic acids is 2. The number of rotatable bonds is 7.